The van der Waals surface area contributed by atoms with Crippen LogP contribution in [0, 0.1) is 0 Å². The van der Waals surface area contributed by atoms with Crippen LogP contribution in [0.15, 0.2) is 35.4 Å². The normalized spacial score (nSPS) is 14.0. The molecule has 0 atom stereocenters. The number of rotatable bonds is 3. The summed E-state index contributed by atoms with van der Waals surface area (Å²) in [4.78, 5) is 33.5. The van der Waals surface area contributed by atoms with Crippen molar-refractivity contribution in [3.05, 3.63) is 79.7 Å². The van der Waals surface area contributed by atoms with E-state index in [0.29, 0.717) is 17.0 Å². The highest BCUT2D eigenvalue weighted by Gasteiger charge is 2.40. The summed E-state index contributed by atoms with van der Waals surface area (Å²) in [7, 11) is 0. The SMILES string of the molecule is O=C(c1ccnc(Cc2c[nH]c(=O)c3cc(Cl)c(Cl)n23)c1)N1CCn2c(nnc2C(F)(F)F)C1. The van der Waals surface area contributed by atoms with Crippen molar-refractivity contribution in [3.8, 4) is 0 Å². The summed E-state index contributed by atoms with van der Waals surface area (Å²) in [5.74, 6) is -1.38. The number of carbonyl (C=O) groups is 1. The van der Waals surface area contributed by atoms with Crippen molar-refractivity contribution in [2.45, 2.75) is 25.7 Å². The van der Waals surface area contributed by atoms with Gasteiger partial charge in [-0.3, -0.25) is 19.0 Å². The third-order valence-electron chi connectivity index (χ3n) is 5.51. The van der Waals surface area contributed by atoms with Crippen molar-refractivity contribution < 1.29 is 18.0 Å². The maximum atomic E-state index is 13.1. The van der Waals surface area contributed by atoms with Gasteiger partial charge in [0, 0.05) is 48.9 Å². The monoisotopic (exact) mass is 511 g/mol. The molecule has 0 bridgehead atoms. The smallest absolute Gasteiger partial charge is 0.329 e. The molecule has 5 heterocycles. The first-order valence-electron chi connectivity index (χ1n) is 9.94. The average molecular weight is 512 g/mol. The minimum Gasteiger partial charge on any atom is -0.329 e. The molecule has 1 aliphatic heterocycles. The fourth-order valence-corrected chi connectivity index (χ4v) is 4.38. The molecule has 4 aromatic rings. The predicted molar refractivity (Wildman–Crippen MR) is 115 cm³/mol. The third kappa shape index (κ3) is 3.82. The van der Waals surface area contributed by atoms with Crippen molar-refractivity contribution in [3.63, 3.8) is 0 Å². The molecule has 0 aliphatic carbocycles. The van der Waals surface area contributed by atoms with Crippen LogP contribution in [-0.2, 0) is 25.7 Å². The predicted octanol–water partition coefficient (Wildman–Crippen LogP) is 3.19. The number of nitrogens with one attached hydrogen (secondary N) is 1. The number of hydrogen-bond donors (Lipinski definition) is 1. The Morgan fingerprint density at radius 1 is 1.18 bits per heavy atom. The molecule has 176 valence electrons. The van der Waals surface area contributed by atoms with E-state index in [4.69, 9.17) is 23.2 Å². The zero-order valence-electron chi connectivity index (χ0n) is 17.1. The lowest BCUT2D eigenvalue weighted by Crippen LogP contribution is -2.39. The van der Waals surface area contributed by atoms with Crippen LogP contribution in [-0.4, -0.2) is 46.5 Å². The first-order valence-corrected chi connectivity index (χ1v) is 10.7. The van der Waals surface area contributed by atoms with Gasteiger partial charge in [-0.15, -0.1) is 10.2 Å². The number of aromatic amines is 1. The Labute approximate surface area is 198 Å². The van der Waals surface area contributed by atoms with Gasteiger partial charge in [0.25, 0.3) is 11.5 Å². The van der Waals surface area contributed by atoms with Gasteiger partial charge in [-0.1, -0.05) is 23.2 Å². The van der Waals surface area contributed by atoms with Crippen LogP contribution in [0.3, 0.4) is 0 Å². The second-order valence-corrected chi connectivity index (χ2v) is 8.41. The molecule has 1 amide bonds. The van der Waals surface area contributed by atoms with Gasteiger partial charge in [-0.05, 0) is 18.2 Å². The number of carbonyl (C=O) groups excluding carboxylic acids is 1. The van der Waals surface area contributed by atoms with Crippen molar-refractivity contribution in [2.24, 2.45) is 0 Å². The Hall–Kier alpha value is -3.38. The molecule has 0 fully saturated rings. The fourth-order valence-electron chi connectivity index (χ4n) is 3.94. The average Bonchev–Trinajstić information content (AvgIpc) is 3.37. The summed E-state index contributed by atoms with van der Waals surface area (Å²) in [5, 5.41) is 7.24. The van der Waals surface area contributed by atoms with Crippen LogP contribution in [0.4, 0.5) is 13.2 Å². The maximum absolute atomic E-state index is 13.1. The first-order chi connectivity index (χ1) is 16.1. The van der Waals surface area contributed by atoms with E-state index >= 15 is 0 Å². The van der Waals surface area contributed by atoms with Gasteiger partial charge < -0.3 is 14.5 Å². The Bertz CT molecular complexity index is 1490. The van der Waals surface area contributed by atoms with E-state index in [2.05, 4.69) is 20.2 Å². The minimum atomic E-state index is -4.61. The molecule has 14 heteroatoms. The van der Waals surface area contributed by atoms with Gasteiger partial charge in [-0.25, -0.2) is 0 Å². The Morgan fingerprint density at radius 2 is 1.97 bits per heavy atom. The standard InChI is InChI=1S/C20H14Cl2F3N7O2/c21-13-7-14-17(33)27-8-12(32(14)16(13)22)6-11-5-10(1-2-26-11)18(34)30-3-4-31-15(9-30)28-29-19(31)20(23,24)25/h1-2,5,7-8H,3-4,6,9H2,(H,27,33). The van der Waals surface area contributed by atoms with E-state index in [1.807, 2.05) is 0 Å². The van der Waals surface area contributed by atoms with Crippen LogP contribution in [0.2, 0.25) is 10.2 Å². The van der Waals surface area contributed by atoms with Gasteiger partial charge in [0.05, 0.1) is 11.6 Å². The van der Waals surface area contributed by atoms with Crippen molar-refractivity contribution >= 4 is 34.6 Å². The fraction of sp³-hybridized carbons (Fsp3) is 0.250. The van der Waals surface area contributed by atoms with Gasteiger partial charge in [0.1, 0.15) is 10.7 Å². The van der Waals surface area contributed by atoms with Crippen LogP contribution < -0.4 is 5.56 Å². The Morgan fingerprint density at radius 3 is 2.74 bits per heavy atom. The number of halogens is 5. The van der Waals surface area contributed by atoms with E-state index in [-0.39, 0.29) is 59.0 Å². The molecule has 0 spiro atoms. The largest absolute Gasteiger partial charge is 0.451 e. The lowest BCUT2D eigenvalue weighted by Gasteiger charge is -2.28. The number of fused-ring (bicyclic) bond motifs is 2. The zero-order chi connectivity index (χ0) is 24.2. The number of aromatic nitrogens is 6. The Balaban J connectivity index is 1.40. The summed E-state index contributed by atoms with van der Waals surface area (Å²) < 4.78 is 41.6. The van der Waals surface area contributed by atoms with E-state index < -0.39 is 12.0 Å². The summed E-state index contributed by atoms with van der Waals surface area (Å²) in [6, 6.07) is 4.56. The molecular formula is C20H14Cl2F3N7O2. The highest BCUT2D eigenvalue weighted by molar-refractivity contribution is 6.42. The molecular weight excluding hydrogens is 498 g/mol. The molecule has 0 radical (unpaired) electrons. The second kappa shape index (κ2) is 8.13. The van der Waals surface area contributed by atoms with Gasteiger partial charge in [0.2, 0.25) is 5.82 Å². The summed E-state index contributed by atoms with van der Waals surface area (Å²) >= 11 is 12.3. The quantitative estimate of drug-likeness (QED) is 0.455. The molecule has 1 aliphatic rings. The molecule has 4 aromatic heterocycles. The van der Waals surface area contributed by atoms with E-state index in [0.717, 1.165) is 4.57 Å². The molecule has 0 saturated heterocycles. The van der Waals surface area contributed by atoms with Crippen LogP contribution in [0.5, 0.6) is 0 Å². The maximum Gasteiger partial charge on any atom is 0.451 e. The molecule has 9 nitrogen and oxygen atoms in total. The van der Waals surface area contributed by atoms with Gasteiger partial charge in [0.15, 0.2) is 5.82 Å². The van der Waals surface area contributed by atoms with E-state index in [1.165, 1.54) is 33.8 Å². The zero-order valence-corrected chi connectivity index (χ0v) is 18.6. The summed E-state index contributed by atoms with van der Waals surface area (Å²) in [6.45, 7) is -0.0939. The van der Waals surface area contributed by atoms with Crippen molar-refractivity contribution in [2.75, 3.05) is 6.54 Å². The molecule has 0 unspecified atom stereocenters. The van der Waals surface area contributed by atoms with Crippen LogP contribution in [0.25, 0.3) is 5.52 Å². The van der Waals surface area contributed by atoms with Gasteiger partial charge in [-0.2, -0.15) is 13.2 Å². The number of H-pyrrole nitrogens is 1. The number of alkyl halides is 3. The number of hydrogen-bond acceptors (Lipinski definition) is 5. The summed E-state index contributed by atoms with van der Waals surface area (Å²) in [6.07, 6.45) is -1.44. The lowest BCUT2D eigenvalue weighted by atomic mass is 10.1. The molecule has 34 heavy (non-hydrogen) atoms. The highest BCUT2D eigenvalue weighted by Crippen LogP contribution is 2.30. The van der Waals surface area contributed by atoms with E-state index in [9.17, 15) is 22.8 Å². The second-order valence-electron chi connectivity index (χ2n) is 7.64. The Kier molecular flexibility index (Phi) is 5.36. The minimum absolute atomic E-state index is 0.0657. The van der Waals surface area contributed by atoms with Crippen molar-refractivity contribution in [1.82, 2.24) is 34.0 Å². The van der Waals surface area contributed by atoms with E-state index in [1.54, 1.807) is 6.07 Å². The number of nitrogens with zero attached hydrogens (tertiary/aromatic N) is 6. The van der Waals surface area contributed by atoms with Gasteiger partial charge >= 0.3 is 6.18 Å². The van der Waals surface area contributed by atoms with Crippen molar-refractivity contribution in [1.29, 1.82) is 0 Å². The molecule has 0 aromatic carbocycles. The first kappa shape index (κ1) is 22.4. The van der Waals surface area contributed by atoms with Crippen LogP contribution in [0.1, 0.15) is 33.4 Å². The lowest BCUT2D eigenvalue weighted by molar-refractivity contribution is -0.147. The topological polar surface area (TPSA) is 101 Å². The van der Waals surface area contributed by atoms with Crippen LogP contribution >= 0.6 is 23.2 Å². The number of amides is 1. The highest BCUT2D eigenvalue weighted by atomic mass is 35.5. The third-order valence-corrected chi connectivity index (χ3v) is 6.26. The molecule has 5 rings (SSSR count). The molecule has 0 saturated carbocycles. The summed E-state index contributed by atoms with van der Waals surface area (Å²) in [5.41, 5.74) is 1.33. The molecule has 1 N–H and O–H groups in total. The number of pyridine rings is 1.